The van der Waals surface area contributed by atoms with Crippen molar-refractivity contribution in [1.29, 1.82) is 0 Å². The molecule has 0 saturated carbocycles. The Morgan fingerprint density at radius 3 is 2.75 bits per heavy atom. The van der Waals surface area contributed by atoms with Crippen molar-refractivity contribution in [3.63, 3.8) is 0 Å². The minimum Gasteiger partial charge on any atom is -0.352 e. The van der Waals surface area contributed by atoms with Gasteiger partial charge in [-0.1, -0.05) is 6.07 Å². The molecule has 0 spiro atoms. The first-order valence-corrected chi connectivity index (χ1v) is 6.71. The lowest BCUT2D eigenvalue weighted by Gasteiger charge is -2.38. The van der Waals surface area contributed by atoms with Gasteiger partial charge >= 0.3 is 0 Å². The van der Waals surface area contributed by atoms with Crippen LogP contribution in [0.5, 0.6) is 0 Å². The number of piperidine rings is 1. The smallest absolute Gasteiger partial charge is 0.294 e. The highest BCUT2D eigenvalue weighted by Crippen LogP contribution is 2.40. The fourth-order valence-corrected chi connectivity index (χ4v) is 2.93. The van der Waals surface area contributed by atoms with Crippen LogP contribution in [0.3, 0.4) is 0 Å². The molecule has 1 saturated heterocycles. The number of amides is 1. The fraction of sp³-hybridized carbons (Fsp3) is 0.462. The number of hydrogen-bond acceptors (Lipinski definition) is 5. The van der Waals surface area contributed by atoms with Gasteiger partial charge in [-0.2, -0.15) is 0 Å². The highest BCUT2D eigenvalue weighted by atomic mass is 16.6. The Morgan fingerprint density at radius 2 is 2.05 bits per heavy atom. The zero-order chi connectivity index (χ0) is 14.1. The molecular formula is C13H16N4O3. The van der Waals surface area contributed by atoms with Gasteiger partial charge in [0, 0.05) is 12.1 Å². The van der Waals surface area contributed by atoms with Crippen LogP contribution < -0.4 is 15.5 Å². The lowest BCUT2D eigenvalue weighted by Crippen LogP contribution is -2.49. The molecule has 0 aromatic heterocycles. The first-order valence-electron chi connectivity index (χ1n) is 6.71. The van der Waals surface area contributed by atoms with Crippen LogP contribution in [0.25, 0.3) is 0 Å². The fourth-order valence-electron chi connectivity index (χ4n) is 2.93. The standard InChI is InChI=1S/C13H16N4O3/c18-12-8-16(9-4-6-14-7-5-9)13-10(15-12)2-1-3-11(13)17(19)20/h1-3,9,14H,4-8H2,(H,15,18). The zero-order valence-corrected chi connectivity index (χ0v) is 11.0. The number of nitrogens with zero attached hydrogens (tertiary/aromatic N) is 2. The van der Waals surface area contributed by atoms with Crippen molar-refractivity contribution in [2.75, 3.05) is 29.9 Å². The zero-order valence-electron chi connectivity index (χ0n) is 11.0. The van der Waals surface area contributed by atoms with Crippen LogP contribution in [0.2, 0.25) is 0 Å². The van der Waals surface area contributed by atoms with Gasteiger partial charge in [0.1, 0.15) is 5.69 Å². The molecule has 2 aliphatic heterocycles. The topological polar surface area (TPSA) is 87.5 Å². The van der Waals surface area contributed by atoms with Crippen molar-refractivity contribution in [2.45, 2.75) is 18.9 Å². The van der Waals surface area contributed by atoms with E-state index in [1.54, 1.807) is 12.1 Å². The van der Waals surface area contributed by atoms with Crippen LogP contribution in [-0.2, 0) is 4.79 Å². The summed E-state index contributed by atoms with van der Waals surface area (Å²) < 4.78 is 0. The quantitative estimate of drug-likeness (QED) is 0.624. The molecule has 1 fully saturated rings. The van der Waals surface area contributed by atoms with Crippen molar-refractivity contribution < 1.29 is 9.72 Å². The third-order valence-corrected chi connectivity index (χ3v) is 3.84. The summed E-state index contributed by atoms with van der Waals surface area (Å²) in [6, 6.07) is 4.98. The molecule has 0 unspecified atom stereocenters. The molecule has 106 valence electrons. The number of benzene rings is 1. The molecule has 20 heavy (non-hydrogen) atoms. The lowest BCUT2D eigenvalue weighted by molar-refractivity contribution is -0.384. The van der Waals surface area contributed by atoms with Gasteiger partial charge in [-0.3, -0.25) is 14.9 Å². The van der Waals surface area contributed by atoms with Crippen LogP contribution in [0.15, 0.2) is 18.2 Å². The van der Waals surface area contributed by atoms with Crippen LogP contribution in [0.4, 0.5) is 17.1 Å². The third kappa shape index (κ3) is 2.20. The van der Waals surface area contributed by atoms with Crippen LogP contribution >= 0.6 is 0 Å². The average Bonchev–Trinajstić information content (AvgIpc) is 2.46. The van der Waals surface area contributed by atoms with Gasteiger partial charge in [0.15, 0.2) is 0 Å². The number of para-hydroxylation sites is 1. The van der Waals surface area contributed by atoms with Gasteiger partial charge in [-0.25, -0.2) is 0 Å². The van der Waals surface area contributed by atoms with Crippen LogP contribution in [0.1, 0.15) is 12.8 Å². The van der Waals surface area contributed by atoms with E-state index in [0.29, 0.717) is 11.4 Å². The maximum absolute atomic E-state index is 11.8. The summed E-state index contributed by atoms with van der Waals surface area (Å²) in [4.78, 5) is 24.6. The summed E-state index contributed by atoms with van der Waals surface area (Å²) in [6.45, 7) is 1.93. The molecule has 2 aliphatic rings. The molecule has 3 rings (SSSR count). The minimum atomic E-state index is -0.385. The number of carbonyl (C=O) groups is 1. The molecule has 0 aliphatic carbocycles. The van der Waals surface area contributed by atoms with E-state index in [4.69, 9.17) is 0 Å². The number of rotatable bonds is 2. The van der Waals surface area contributed by atoms with E-state index < -0.39 is 0 Å². The van der Waals surface area contributed by atoms with E-state index in [1.807, 2.05) is 4.90 Å². The second kappa shape index (κ2) is 5.09. The van der Waals surface area contributed by atoms with Crippen molar-refractivity contribution >= 4 is 23.0 Å². The summed E-state index contributed by atoms with van der Waals surface area (Å²) in [5, 5.41) is 17.2. The molecule has 1 aromatic carbocycles. The monoisotopic (exact) mass is 276 g/mol. The Kier molecular flexibility index (Phi) is 3.27. The van der Waals surface area contributed by atoms with E-state index in [-0.39, 0.29) is 29.1 Å². The van der Waals surface area contributed by atoms with Crippen molar-refractivity contribution in [1.82, 2.24) is 5.32 Å². The molecular weight excluding hydrogens is 260 g/mol. The molecule has 1 amide bonds. The second-order valence-corrected chi connectivity index (χ2v) is 5.09. The Bertz CT molecular complexity index is 555. The van der Waals surface area contributed by atoms with Crippen molar-refractivity contribution in [2.24, 2.45) is 0 Å². The highest BCUT2D eigenvalue weighted by molar-refractivity contribution is 6.03. The first kappa shape index (κ1) is 12.9. The summed E-state index contributed by atoms with van der Waals surface area (Å²) >= 11 is 0. The number of nitro benzene ring substituents is 1. The Hall–Kier alpha value is -2.15. The molecule has 2 N–H and O–H groups in total. The average molecular weight is 276 g/mol. The second-order valence-electron chi connectivity index (χ2n) is 5.09. The van der Waals surface area contributed by atoms with Crippen molar-refractivity contribution in [3.8, 4) is 0 Å². The third-order valence-electron chi connectivity index (χ3n) is 3.84. The van der Waals surface area contributed by atoms with Gasteiger partial charge in [0.25, 0.3) is 5.69 Å². The minimum absolute atomic E-state index is 0.0565. The predicted octanol–water partition coefficient (Wildman–Crippen LogP) is 1.11. The first-order chi connectivity index (χ1) is 9.66. The summed E-state index contributed by atoms with van der Waals surface area (Å²) in [6.07, 6.45) is 1.78. The molecule has 7 heteroatoms. The van der Waals surface area contributed by atoms with E-state index in [1.165, 1.54) is 6.07 Å². The largest absolute Gasteiger partial charge is 0.352 e. The van der Waals surface area contributed by atoms with Gasteiger partial charge in [-0.15, -0.1) is 0 Å². The molecule has 7 nitrogen and oxygen atoms in total. The van der Waals surface area contributed by atoms with E-state index >= 15 is 0 Å². The summed E-state index contributed by atoms with van der Waals surface area (Å²) in [7, 11) is 0. The number of fused-ring (bicyclic) bond motifs is 1. The van der Waals surface area contributed by atoms with Gasteiger partial charge in [0.05, 0.1) is 17.2 Å². The maximum Gasteiger partial charge on any atom is 0.294 e. The van der Waals surface area contributed by atoms with Gasteiger partial charge in [-0.05, 0) is 32.0 Å². The molecule has 2 heterocycles. The summed E-state index contributed by atoms with van der Waals surface area (Å²) in [5.41, 5.74) is 1.14. The molecule has 0 atom stereocenters. The Balaban J connectivity index is 2.04. The number of carbonyl (C=O) groups excluding carboxylic acids is 1. The molecule has 0 bridgehead atoms. The van der Waals surface area contributed by atoms with Crippen molar-refractivity contribution in [3.05, 3.63) is 28.3 Å². The normalized spacial score (nSPS) is 19.4. The lowest BCUT2D eigenvalue weighted by atomic mass is 10.0. The Morgan fingerprint density at radius 1 is 1.30 bits per heavy atom. The van der Waals surface area contributed by atoms with E-state index in [2.05, 4.69) is 10.6 Å². The molecule has 1 aromatic rings. The SMILES string of the molecule is O=C1CN(C2CCNCC2)c2c(cccc2[N+](=O)[O-])N1. The number of anilines is 2. The number of nitrogens with one attached hydrogen (secondary N) is 2. The summed E-state index contributed by atoms with van der Waals surface area (Å²) in [5.74, 6) is -0.114. The van der Waals surface area contributed by atoms with Crippen LogP contribution in [0, 0.1) is 10.1 Å². The van der Waals surface area contributed by atoms with Crippen LogP contribution in [-0.4, -0.2) is 36.5 Å². The molecule has 0 radical (unpaired) electrons. The van der Waals surface area contributed by atoms with Gasteiger partial charge < -0.3 is 15.5 Å². The van der Waals surface area contributed by atoms with E-state index in [0.717, 1.165) is 25.9 Å². The highest BCUT2D eigenvalue weighted by Gasteiger charge is 2.34. The van der Waals surface area contributed by atoms with Gasteiger partial charge in [0.2, 0.25) is 5.91 Å². The number of hydrogen-bond donors (Lipinski definition) is 2. The number of nitro groups is 1. The van der Waals surface area contributed by atoms with E-state index in [9.17, 15) is 14.9 Å². The maximum atomic E-state index is 11.8. The predicted molar refractivity (Wildman–Crippen MR) is 75.0 cm³/mol. The Labute approximate surface area is 116 Å².